The number of nitrogens with one attached hydrogen (secondary N) is 1. The summed E-state index contributed by atoms with van der Waals surface area (Å²) in [6.07, 6.45) is 7.71. The first kappa shape index (κ1) is 12.0. The molecule has 0 amide bonds. The largest absolute Gasteiger partial charge is 0.395 e. The van der Waals surface area contributed by atoms with Crippen LogP contribution in [-0.4, -0.2) is 23.8 Å². The van der Waals surface area contributed by atoms with E-state index in [0.717, 1.165) is 12.3 Å². The molecule has 0 saturated heterocycles. The SMILES string of the molecule is CCC1CCC(N[C@H](CC)CO)CC1. The van der Waals surface area contributed by atoms with Gasteiger partial charge in [-0.15, -0.1) is 0 Å². The molecule has 84 valence electrons. The van der Waals surface area contributed by atoms with E-state index in [4.69, 9.17) is 5.11 Å². The lowest BCUT2D eigenvalue weighted by molar-refractivity contribution is 0.203. The average Bonchev–Trinajstić information content (AvgIpc) is 2.26. The van der Waals surface area contributed by atoms with Gasteiger partial charge in [-0.3, -0.25) is 0 Å². The van der Waals surface area contributed by atoms with Gasteiger partial charge in [-0.2, -0.15) is 0 Å². The van der Waals surface area contributed by atoms with Crippen LogP contribution in [0.1, 0.15) is 52.4 Å². The van der Waals surface area contributed by atoms with Gasteiger partial charge >= 0.3 is 0 Å². The topological polar surface area (TPSA) is 32.3 Å². The van der Waals surface area contributed by atoms with Crippen molar-refractivity contribution in [1.82, 2.24) is 5.32 Å². The van der Waals surface area contributed by atoms with Crippen LogP contribution < -0.4 is 5.32 Å². The highest BCUT2D eigenvalue weighted by Crippen LogP contribution is 2.26. The van der Waals surface area contributed by atoms with Crippen LogP contribution in [0, 0.1) is 5.92 Å². The first-order valence-corrected chi connectivity index (χ1v) is 6.17. The summed E-state index contributed by atoms with van der Waals surface area (Å²) in [6, 6.07) is 0.980. The molecule has 0 aromatic heterocycles. The molecule has 0 unspecified atom stereocenters. The van der Waals surface area contributed by atoms with Gasteiger partial charge in [-0.05, 0) is 38.0 Å². The maximum Gasteiger partial charge on any atom is 0.0584 e. The molecule has 1 saturated carbocycles. The van der Waals surface area contributed by atoms with Crippen molar-refractivity contribution < 1.29 is 5.11 Å². The van der Waals surface area contributed by atoms with Crippen LogP contribution in [0.5, 0.6) is 0 Å². The van der Waals surface area contributed by atoms with Gasteiger partial charge in [0.25, 0.3) is 0 Å². The van der Waals surface area contributed by atoms with Crippen LogP contribution in [0.2, 0.25) is 0 Å². The maximum atomic E-state index is 9.09. The first-order chi connectivity index (χ1) is 6.80. The first-order valence-electron chi connectivity index (χ1n) is 6.17. The molecule has 2 heteroatoms. The highest BCUT2D eigenvalue weighted by atomic mass is 16.3. The Morgan fingerprint density at radius 1 is 1.21 bits per heavy atom. The third-order valence-electron chi connectivity index (χ3n) is 3.61. The van der Waals surface area contributed by atoms with Crippen molar-refractivity contribution in [2.75, 3.05) is 6.61 Å². The summed E-state index contributed by atoms with van der Waals surface area (Å²) < 4.78 is 0. The molecule has 0 bridgehead atoms. The molecule has 14 heavy (non-hydrogen) atoms. The molecule has 0 aromatic rings. The monoisotopic (exact) mass is 199 g/mol. The Hall–Kier alpha value is -0.0800. The molecule has 1 fully saturated rings. The zero-order chi connectivity index (χ0) is 10.4. The predicted octanol–water partition coefficient (Wildman–Crippen LogP) is 2.32. The van der Waals surface area contributed by atoms with Crippen LogP contribution in [0.4, 0.5) is 0 Å². The second kappa shape index (κ2) is 6.41. The van der Waals surface area contributed by atoms with Crippen molar-refractivity contribution in [3.8, 4) is 0 Å². The van der Waals surface area contributed by atoms with Gasteiger partial charge in [0, 0.05) is 12.1 Å². The Bertz CT molecular complexity index is 137. The van der Waals surface area contributed by atoms with Crippen LogP contribution in [-0.2, 0) is 0 Å². The Labute approximate surface area is 88.1 Å². The number of rotatable bonds is 5. The van der Waals surface area contributed by atoms with Gasteiger partial charge in [0.05, 0.1) is 6.61 Å². The summed E-state index contributed by atoms with van der Waals surface area (Å²) in [6.45, 7) is 4.71. The Balaban J connectivity index is 2.21. The highest BCUT2D eigenvalue weighted by Gasteiger charge is 2.21. The zero-order valence-electron chi connectivity index (χ0n) is 9.63. The summed E-state index contributed by atoms with van der Waals surface area (Å²) >= 11 is 0. The maximum absolute atomic E-state index is 9.09. The van der Waals surface area contributed by atoms with E-state index < -0.39 is 0 Å². The predicted molar refractivity (Wildman–Crippen MR) is 60.3 cm³/mol. The van der Waals surface area contributed by atoms with Crippen molar-refractivity contribution in [1.29, 1.82) is 0 Å². The minimum absolute atomic E-state index is 0.282. The lowest BCUT2D eigenvalue weighted by Gasteiger charge is -2.31. The lowest BCUT2D eigenvalue weighted by Crippen LogP contribution is -2.42. The summed E-state index contributed by atoms with van der Waals surface area (Å²) in [7, 11) is 0. The molecule has 0 spiro atoms. The van der Waals surface area contributed by atoms with Crippen molar-refractivity contribution in [2.45, 2.75) is 64.5 Å². The summed E-state index contributed by atoms with van der Waals surface area (Å²) in [5, 5.41) is 12.6. The molecule has 2 nitrogen and oxygen atoms in total. The second-order valence-electron chi connectivity index (χ2n) is 4.58. The third-order valence-corrected chi connectivity index (χ3v) is 3.61. The second-order valence-corrected chi connectivity index (χ2v) is 4.58. The Kier molecular flexibility index (Phi) is 5.49. The number of hydrogen-bond donors (Lipinski definition) is 2. The molecule has 1 aliphatic rings. The molecule has 0 radical (unpaired) electrons. The number of aliphatic hydroxyl groups is 1. The average molecular weight is 199 g/mol. The normalized spacial score (nSPS) is 30.2. The molecule has 1 atom stereocenters. The van der Waals surface area contributed by atoms with E-state index in [1.807, 2.05) is 0 Å². The quantitative estimate of drug-likeness (QED) is 0.712. The minimum Gasteiger partial charge on any atom is -0.395 e. The van der Waals surface area contributed by atoms with Gasteiger partial charge in [0.15, 0.2) is 0 Å². The van der Waals surface area contributed by atoms with E-state index in [2.05, 4.69) is 19.2 Å². The van der Waals surface area contributed by atoms with E-state index in [0.29, 0.717) is 12.1 Å². The van der Waals surface area contributed by atoms with Crippen molar-refractivity contribution in [2.24, 2.45) is 5.92 Å². The van der Waals surface area contributed by atoms with E-state index in [9.17, 15) is 0 Å². The molecule has 1 rings (SSSR count). The van der Waals surface area contributed by atoms with Crippen molar-refractivity contribution in [3.63, 3.8) is 0 Å². The molecule has 0 heterocycles. The number of aliphatic hydroxyl groups excluding tert-OH is 1. The zero-order valence-corrected chi connectivity index (χ0v) is 9.63. The van der Waals surface area contributed by atoms with Gasteiger partial charge in [-0.1, -0.05) is 20.3 Å². The number of hydrogen-bond acceptors (Lipinski definition) is 2. The van der Waals surface area contributed by atoms with Crippen molar-refractivity contribution in [3.05, 3.63) is 0 Å². The lowest BCUT2D eigenvalue weighted by atomic mass is 9.84. The van der Waals surface area contributed by atoms with Crippen LogP contribution >= 0.6 is 0 Å². The van der Waals surface area contributed by atoms with Gasteiger partial charge in [0.1, 0.15) is 0 Å². The summed E-state index contributed by atoms with van der Waals surface area (Å²) in [5.41, 5.74) is 0. The smallest absolute Gasteiger partial charge is 0.0584 e. The molecule has 2 N–H and O–H groups in total. The highest BCUT2D eigenvalue weighted by molar-refractivity contribution is 4.79. The Morgan fingerprint density at radius 2 is 1.86 bits per heavy atom. The molecule has 1 aliphatic carbocycles. The standard InChI is InChI=1S/C12H25NO/c1-3-10-5-7-12(8-6-10)13-11(4-2)9-14/h10-14H,3-9H2,1-2H3/t10?,11-,12?/m1/s1. The fourth-order valence-corrected chi connectivity index (χ4v) is 2.37. The third kappa shape index (κ3) is 3.58. The van der Waals surface area contributed by atoms with Crippen LogP contribution in [0.25, 0.3) is 0 Å². The van der Waals surface area contributed by atoms with Gasteiger partial charge < -0.3 is 10.4 Å². The van der Waals surface area contributed by atoms with Crippen molar-refractivity contribution >= 4 is 0 Å². The van der Waals surface area contributed by atoms with E-state index in [1.165, 1.54) is 32.1 Å². The fourth-order valence-electron chi connectivity index (χ4n) is 2.37. The fraction of sp³-hybridized carbons (Fsp3) is 1.00. The van der Waals surface area contributed by atoms with E-state index in [1.54, 1.807) is 0 Å². The van der Waals surface area contributed by atoms with E-state index in [-0.39, 0.29) is 6.61 Å². The summed E-state index contributed by atoms with van der Waals surface area (Å²) in [4.78, 5) is 0. The minimum atomic E-state index is 0.282. The van der Waals surface area contributed by atoms with Gasteiger partial charge in [-0.25, -0.2) is 0 Å². The molecule has 0 aromatic carbocycles. The summed E-state index contributed by atoms with van der Waals surface area (Å²) in [5.74, 6) is 0.960. The van der Waals surface area contributed by atoms with Gasteiger partial charge in [0.2, 0.25) is 0 Å². The molecular formula is C12H25NO. The van der Waals surface area contributed by atoms with Crippen LogP contribution in [0.3, 0.4) is 0 Å². The van der Waals surface area contributed by atoms with E-state index >= 15 is 0 Å². The van der Waals surface area contributed by atoms with Crippen LogP contribution in [0.15, 0.2) is 0 Å². The Morgan fingerprint density at radius 3 is 2.29 bits per heavy atom. The molecular weight excluding hydrogens is 174 g/mol. The molecule has 0 aliphatic heterocycles.